The number of aromatic nitrogens is 2. The summed E-state index contributed by atoms with van der Waals surface area (Å²) in [6.07, 6.45) is 2.82. The van der Waals surface area contributed by atoms with Gasteiger partial charge >= 0.3 is 7.12 Å². The molecule has 1 heterocycles. The van der Waals surface area contributed by atoms with Crippen molar-refractivity contribution in [3.63, 3.8) is 0 Å². The summed E-state index contributed by atoms with van der Waals surface area (Å²) < 4.78 is 1.43. The van der Waals surface area contributed by atoms with Crippen molar-refractivity contribution >= 4 is 35.8 Å². The van der Waals surface area contributed by atoms with Crippen molar-refractivity contribution < 1.29 is 10.0 Å². The average Bonchev–Trinajstić information content (AvgIpc) is 2.71. The molecule has 0 saturated heterocycles. The van der Waals surface area contributed by atoms with Gasteiger partial charge < -0.3 is 10.0 Å². The lowest BCUT2D eigenvalue weighted by Crippen LogP contribution is -2.28. The van der Waals surface area contributed by atoms with Gasteiger partial charge in [-0.3, -0.25) is 0 Å². The number of hydrogen-bond donors (Lipinski definition) is 2. The van der Waals surface area contributed by atoms with Gasteiger partial charge in [-0.05, 0) is 12.1 Å². The molecule has 4 nitrogen and oxygen atoms in total. The standard InChI is InChI=1S/C9H7BCl2N2O2/c11-7-2-1-3-8(9(7)12)14-5-6(4-13-14)10(15)16/h1-5,15-16H. The van der Waals surface area contributed by atoms with Crippen molar-refractivity contribution in [3.8, 4) is 5.69 Å². The molecule has 0 radical (unpaired) electrons. The number of halogens is 2. The third-order valence-electron chi connectivity index (χ3n) is 2.08. The highest BCUT2D eigenvalue weighted by Gasteiger charge is 2.15. The minimum Gasteiger partial charge on any atom is -0.423 e. The van der Waals surface area contributed by atoms with Crippen LogP contribution >= 0.6 is 23.2 Å². The molecule has 82 valence electrons. The smallest absolute Gasteiger partial charge is 0.423 e. The third kappa shape index (κ3) is 2.08. The summed E-state index contributed by atoms with van der Waals surface area (Å²) in [5, 5.41) is 22.6. The van der Waals surface area contributed by atoms with Crippen LogP contribution < -0.4 is 5.46 Å². The molecule has 2 N–H and O–H groups in total. The summed E-state index contributed by atoms with van der Waals surface area (Å²) in [6, 6.07) is 5.13. The van der Waals surface area contributed by atoms with Crippen LogP contribution in [0.15, 0.2) is 30.6 Å². The fraction of sp³-hybridized carbons (Fsp3) is 0. The van der Waals surface area contributed by atoms with Crippen molar-refractivity contribution in [2.75, 3.05) is 0 Å². The van der Waals surface area contributed by atoms with Gasteiger partial charge in [0.15, 0.2) is 0 Å². The zero-order chi connectivity index (χ0) is 11.7. The zero-order valence-electron chi connectivity index (χ0n) is 8.01. The summed E-state index contributed by atoms with van der Waals surface area (Å²) in [6.45, 7) is 0. The average molecular weight is 257 g/mol. The fourth-order valence-corrected chi connectivity index (χ4v) is 1.65. The van der Waals surface area contributed by atoms with Crippen LogP contribution in [-0.4, -0.2) is 26.9 Å². The van der Waals surface area contributed by atoms with Crippen LogP contribution in [0.3, 0.4) is 0 Å². The van der Waals surface area contributed by atoms with Crippen molar-refractivity contribution in [3.05, 3.63) is 40.6 Å². The van der Waals surface area contributed by atoms with Gasteiger partial charge in [0.05, 0.1) is 15.7 Å². The molecule has 1 aromatic heterocycles. The maximum atomic E-state index is 8.95. The molecule has 0 aliphatic rings. The second-order valence-corrected chi connectivity index (χ2v) is 3.95. The van der Waals surface area contributed by atoms with Gasteiger partial charge in [0, 0.05) is 17.9 Å². The molecule has 0 aliphatic heterocycles. The van der Waals surface area contributed by atoms with E-state index < -0.39 is 7.12 Å². The number of nitrogens with zero attached hydrogens (tertiary/aromatic N) is 2. The lowest BCUT2D eigenvalue weighted by Gasteiger charge is -2.04. The van der Waals surface area contributed by atoms with E-state index >= 15 is 0 Å². The molecule has 0 atom stereocenters. The molecule has 2 aromatic rings. The monoisotopic (exact) mass is 256 g/mol. The molecule has 0 saturated carbocycles. The Morgan fingerprint density at radius 1 is 1.25 bits per heavy atom. The Labute approximate surface area is 102 Å². The van der Waals surface area contributed by atoms with E-state index in [1.165, 1.54) is 17.1 Å². The molecule has 7 heteroatoms. The van der Waals surface area contributed by atoms with Crippen molar-refractivity contribution in [2.45, 2.75) is 0 Å². The molecule has 1 aromatic carbocycles. The quantitative estimate of drug-likeness (QED) is 0.784. The maximum Gasteiger partial charge on any atom is 0.491 e. The Morgan fingerprint density at radius 3 is 2.62 bits per heavy atom. The molecule has 2 rings (SSSR count). The number of rotatable bonds is 2. The molecule has 0 spiro atoms. The highest BCUT2D eigenvalue weighted by atomic mass is 35.5. The van der Waals surface area contributed by atoms with E-state index in [4.69, 9.17) is 33.2 Å². The highest BCUT2D eigenvalue weighted by molar-refractivity contribution is 6.58. The first-order chi connectivity index (χ1) is 7.59. The van der Waals surface area contributed by atoms with E-state index in [0.29, 0.717) is 15.7 Å². The molecule has 0 aliphatic carbocycles. The Morgan fingerprint density at radius 2 is 2.00 bits per heavy atom. The fourth-order valence-electron chi connectivity index (χ4n) is 1.27. The SMILES string of the molecule is OB(O)c1cnn(-c2cccc(Cl)c2Cl)c1. The summed E-state index contributed by atoms with van der Waals surface area (Å²) in [7, 11) is -1.55. The van der Waals surface area contributed by atoms with Crippen LogP contribution in [0, 0.1) is 0 Å². The van der Waals surface area contributed by atoms with Gasteiger partial charge in [-0.15, -0.1) is 0 Å². The molecule has 16 heavy (non-hydrogen) atoms. The minimum absolute atomic E-state index is 0.288. The van der Waals surface area contributed by atoms with Crippen molar-refractivity contribution in [2.24, 2.45) is 0 Å². The van der Waals surface area contributed by atoms with E-state index in [0.717, 1.165) is 0 Å². The lowest BCUT2D eigenvalue weighted by molar-refractivity contribution is 0.426. The van der Waals surface area contributed by atoms with Gasteiger partial charge in [0.25, 0.3) is 0 Å². The number of hydrogen-bond acceptors (Lipinski definition) is 3. The second kappa shape index (κ2) is 4.47. The third-order valence-corrected chi connectivity index (χ3v) is 2.89. The van der Waals surface area contributed by atoms with Gasteiger partial charge in [-0.25, -0.2) is 4.68 Å². The molecule has 0 bridgehead atoms. The topological polar surface area (TPSA) is 58.3 Å². The predicted octanol–water partition coefficient (Wildman–Crippen LogP) is 0.859. The summed E-state index contributed by atoms with van der Waals surface area (Å²) in [4.78, 5) is 0. The summed E-state index contributed by atoms with van der Waals surface area (Å²) >= 11 is 11.9. The molecule has 0 amide bonds. The Kier molecular flexibility index (Phi) is 3.21. The molecular weight excluding hydrogens is 250 g/mol. The predicted molar refractivity (Wildman–Crippen MR) is 63.4 cm³/mol. The van der Waals surface area contributed by atoms with Crippen LogP contribution in [0.25, 0.3) is 5.69 Å². The van der Waals surface area contributed by atoms with Crippen molar-refractivity contribution in [1.29, 1.82) is 0 Å². The Bertz CT molecular complexity index is 516. The molecule has 0 unspecified atom stereocenters. The molecule has 0 fully saturated rings. The van der Waals surface area contributed by atoms with Crippen LogP contribution in [0.2, 0.25) is 10.0 Å². The van der Waals surface area contributed by atoms with Gasteiger partial charge in [0.2, 0.25) is 0 Å². The van der Waals surface area contributed by atoms with E-state index in [1.54, 1.807) is 18.2 Å². The Hall–Kier alpha value is -1.01. The van der Waals surface area contributed by atoms with E-state index in [-0.39, 0.29) is 5.46 Å². The van der Waals surface area contributed by atoms with Gasteiger partial charge in [-0.2, -0.15) is 5.10 Å². The first-order valence-corrected chi connectivity index (χ1v) is 5.20. The van der Waals surface area contributed by atoms with E-state index in [1.807, 2.05) is 0 Å². The van der Waals surface area contributed by atoms with Crippen LogP contribution in [0.1, 0.15) is 0 Å². The second-order valence-electron chi connectivity index (χ2n) is 3.16. The van der Waals surface area contributed by atoms with E-state index in [2.05, 4.69) is 5.10 Å². The maximum absolute atomic E-state index is 8.95. The molecular formula is C9H7BCl2N2O2. The normalized spacial score (nSPS) is 10.5. The van der Waals surface area contributed by atoms with Crippen LogP contribution in [0.5, 0.6) is 0 Å². The summed E-state index contributed by atoms with van der Waals surface area (Å²) in [5.74, 6) is 0. The first-order valence-electron chi connectivity index (χ1n) is 4.44. The lowest BCUT2D eigenvalue weighted by atomic mass is 9.83. The zero-order valence-corrected chi connectivity index (χ0v) is 9.52. The van der Waals surface area contributed by atoms with E-state index in [9.17, 15) is 0 Å². The first kappa shape index (κ1) is 11.5. The minimum atomic E-state index is -1.55. The van der Waals surface area contributed by atoms with Crippen LogP contribution in [-0.2, 0) is 0 Å². The highest BCUT2D eigenvalue weighted by Crippen LogP contribution is 2.27. The van der Waals surface area contributed by atoms with Gasteiger partial charge in [-0.1, -0.05) is 29.3 Å². The van der Waals surface area contributed by atoms with Crippen molar-refractivity contribution in [1.82, 2.24) is 9.78 Å². The number of benzene rings is 1. The van der Waals surface area contributed by atoms with Gasteiger partial charge in [0.1, 0.15) is 0 Å². The van der Waals surface area contributed by atoms with Crippen LogP contribution in [0.4, 0.5) is 0 Å². The Balaban J connectivity index is 2.47. The summed E-state index contributed by atoms with van der Waals surface area (Å²) in [5.41, 5.74) is 0.872. The largest absolute Gasteiger partial charge is 0.491 e.